The van der Waals surface area contributed by atoms with Crippen LogP contribution in [0.1, 0.15) is 88.3 Å². The summed E-state index contributed by atoms with van der Waals surface area (Å²) in [4.78, 5) is 2.51. The van der Waals surface area contributed by atoms with Gasteiger partial charge in [-0.3, -0.25) is 0 Å². The first-order valence-corrected chi connectivity index (χ1v) is 10.2. The van der Waals surface area contributed by atoms with Gasteiger partial charge >= 0.3 is 0 Å². The van der Waals surface area contributed by atoms with E-state index in [1.807, 2.05) is 0 Å². The molecule has 0 aromatic heterocycles. The summed E-state index contributed by atoms with van der Waals surface area (Å²) in [7, 11) is 2.27. The number of nitrogens with zero attached hydrogens (tertiary/aromatic N) is 1. The van der Waals surface area contributed by atoms with E-state index in [9.17, 15) is 5.11 Å². The van der Waals surface area contributed by atoms with E-state index in [0.717, 1.165) is 31.2 Å². The van der Waals surface area contributed by atoms with Gasteiger partial charge in [-0.05, 0) is 68.2 Å². The quantitative estimate of drug-likeness (QED) is 0.617. The van der Waals surface area contributed by atoms with Crippen LogP contribution in [0.15, 0.2) is 6.07 Å². The van der Waals surface area contributed by atoms with Crippen LogP contribution in [0.5, 0.6) is 5.75 Å². The van der Waals surface area contributed by atoms with Crippen molar-refractivity contribution < 1.29 is 5.11 Å². The molecule has 1 aliphatic carbocycles. The standard InChI is InChI=1S/C22H37NO/c1-5-7-12-18-16-21(23(4)19-13-10-9-11-14-19)17(3)20(22(18)24)15-8-6-2/h16,19,24H,5-15H2,1-4H3. The highest BCUT2D eigenvalue weighted by Gasteiger charge is 2.22. The molecule has 1 aromatic carbocycles. The summed E-state index contributed by atoms with van der Waals surface area (Å²) in [6, 6.07) is 2.95. The Kier molecular flexibility index (Phi) is 7.45. The zero-order valence-electron chi connectivity index (χ0n) is 16.3. The lowest BCUT2D eigenvalue weighted by Gasteiger charge is -2.35. The number of benzene rings is 1. The van der Waals surface area contributed by atoms with Gasteiger partial charge in [0.05, 0.1) is 0 Å². The van der Waals surface area contributed by atoms with Crippen molar-refractivity contribution in [2.75, 3.05) is 11.9 Å². The molecule has 24 heavy (non-hydrogen) atoms. The van der Waals surface area contributed by atoms with Crippen LogP contribution in [0.25, 0.3) is 0 Å². The van der Waals surface area contributed by atoms with Crippen molar-refractivity contribution in [1.82, 2.24) is 0 Å². The van der Waals surface area contributed by atoms with Gasteiger partial charge in [-0.1, -0.05) is 46.0 Å². The molecular formula is C22H37NO. The summed E-state index contributed by atoms with van der Waals surface area (Å²) in [6.45, 7) is 6.66. The van der Waals surface area contributed by atoms with Gasteiger partial charge < -0.3 is 10.0 Å². The van der Waals surface area contributed by atoms with Crippen molar-refractivity contribution in [2.24, 2.45) is 0 Å². The number of hydrogen-bond donors (Lipinski definition) is 1. The van der Waals surface area contributed by atoms with Crippen LogP contribution < -0.4 is 4.90 Å². The first-order valence-electron chi connectivity index (χ1n) is 10.2. The molecule has 2 nitrogen and oxygen atoms in total. The monoisotopic (exact) mass is 331 g/mol. The van der Waals surface area contributed by atoms with Gasteiger partial charge in [-0.15, -0.1) is 0 Å². The number of phenols is 1. The van der Waals surface area contributed by atoms with Crippen LogP contribution in [0.3, 0.4) is 0 Å². The third-order valence-corrected chi connectivity index (χ3v) is 5.82. The molecule has 1 N–H and O–H groups in total. The second-order valence-electron chi connectivity index (χ2n) is 7.62. The van der Waals surface area contributed by atoms with Crippen molar-refractivity contribution >= 4 is 5.69 Å². The van der Waals surface area contributed by atoms with E-state index >= 15 is 0 Å². The molecule has 2 rings (SSSR count). The van der Waals surface area contributed by atoms with Gasteiger partial charge in [-0.25, -0.2) is 0 Å². The Morgan fingerprint density at radius 1 is 1.04 bits per heavy atom. The van der Waals surface area contributed by atoms with E-state index in [0.29, 0.717) is 11.8 Å². The first kappa shape index (κ1) is 19.1. The Morgan fingerprint density at radius 3 is 2.29 bits per heavy atom. The van der Waals surface area contributed by atoms with Crippen molar-refractivity contribution in [3.63, 3.8) is 0 Å². The maximum atomic E-state index is 10.8. The fourth-order valence-corrected chi connectivity index (χ4v) is 4.12. The summed E-state index contributed by atoms with van der Waals surface area (Å²) in [5.74, 6) is 0.579. The van der Waals surface area contributed by atoms with Gasteiger partial charge in [-0.2, -0.15) is 0 Å². The molecule has 0 heterocycles. The van der Waals surface area contributed by atoms with Gasteiger partial charge in [0, 0.05) is 18.8 Å². The number of phenolic OH excluding ortho intramolecular Hbond substituents is 1. The van der Waals surface area contributed by atoms with E-state index < -0.39 is 0 Å². The zero-order chi connectivity index (χ0) is 17.5. The minimum Gasteiger partial charge on any atom is -0.507 e. The predicted octanol–water partition coefficient (Wildman–Crippen LogP) is 6.15. The molecule has 1 fully saturated rings. The summed E-state index contributed by atoms with van der Waals surface area (Å²) in [5, 5.41) is 10.8. The molecule has 0 spiro atoms. The average molecular weight is 332 g/mol. The van der Waals surface area contributed by atoms with Crippen LogP contribution in [0.2, 0.25) is 0 Å². The predicted molar refractivity (Wildman–Crippen MR) is 105 cm³/mol. The van der Waals surface area contributed by atoms with Crippen LogP contribution in [0.4, 0.5) is 5.69 Å². The number of unbranched alkanes of at least 4 members (excludes halogenated alkanes) is 2. The molecule has 0 radical (unpaired) electrons. The number of aryl methyl sites for hydroxylation is 1. The van der Waals surface area contributed by atoms with Crippen molar-refractivity contribution in [3.8, 4) is 5.75 Å². The number of aromatic hydroxyl groups is 1. The van der Waals surface area contributed by atoms with Gasteiger partial charge in [0.15, 0.2) is 0 Å². The second kappa shape index (κ2) is 9.34. The largest absolute Gasteiger partial charge is 0.507 e. The molecule has 0 atom stereocenters. The lowest BCUT2D eigenvalue weighted by molar-refractivity contribution is 0.426. The van der Waals surface area contributed by atoms with E-state index in [2.05, 4.69) is 38.8 Å². The molecule has 0 saturated heterocycles. The minimum atomic E-state index is 0.579. The van der Waals surface area contributed by atoms with Crippen LogP contribution in [-0.2, 0) is 12.8 Å². The number of hydrogen-bond acceptors (Lipinski definition) is 2. The fraction of sp³-hybridized carbons (Fsp3) is 0.727. The molecule has 1 aliphatic rings. The fourth-order valence-electron chi connectivity index (χ4n) is 4.12. The molecule has 2 heteroatoms. The summed E-state index contributed by atoms with van der Waals surface area (Å²) in [6.07, 6.45) is 13.4. The molecule has 136 valence electrons. The Labute approximate surface area is 149 Å². The van der Waals surface area contributed by atoms with Crippen molar-refractivity contribution in [3.05, 3.63) is 22.8 Å². The Hall–Kier alpha value is -1.18. The van der Waals surface area contributed by atoms with Crippen molar-refractivity contribution in [1.29, 1.82) is 0 Å². The van der Waals surface area contributed by atoms with Crippen LogP contribution in [-0.4, -0.2) is 18.2 Å². The molecule has 0 unspecified atom stereocenters. The summed E-state index contributed by atoms with van der Waals surface area (Å²) >= 11 is 0. The van der Waals surface area contributed by atoms with Crippen LogP contribution in [0, 0.1) is 6.92 Å². The Morgan fingerprint density at radius 2 is 1.67 bits per heavy atom. The normalized spacial score (nSPS) is 15.7. The Balaban J connectivity index is 2.36. The first-order chi connectivity index (χ1) is 11.6. The molecule has 0 bridgehead atoms. The smallest absolute Gasteiger partial charge is 0.122 e. The third kappa shape index (κ3) is 4.46. The average Bonchev–Trinajstić information content (AvgIpc) is 2.61. The highest BCUT2D eigenvalue weighted by atomic mass is 16.3. The SMILES string of the molecule is CCCCc1cc(N(C)C2CCCCC2)c(C)c(CCCC)c1O. The maximum Gasteiger partial charge on any atom is 0.122 e. The lowest BCUT2D eigenvalue weighted by Crippen LogP contribution is -2.34. The molecular weight excluding hydrogens is 294 g/mol. The molecule has 0 amide bonds. The summed E-state index contributed by atoms with van der Waals surface area (Å²) < 4.78 is 0. The maximum absolute atomic E-state index is 10.8. The van der Waals surface area contributed by atoms with Crippen molar-refractivity contribution in [2.45, 2.75) is 97.4 Å². The topological polar surface area (TPSA) is 23.5 Å². The zero-order valence-corrected chi connectivity index (χ0v) is 16.3. The van der Waals surface area contributed by atoms with Crippen LogP contribution >= 0.6 is 0 Å². The van der Waals surface area contributed by atoms with E-state index in [4.69, 9.17) is 0 Å². The van der Waals surface area contributed by atoms with Gasteiger partial charge in [0.2, 0.25) is 0 Å². The Bertz CT molecular complexity index is 517. The van der Waals surface area contributed by atoms with E-state index in [-0.39, 0.29) is 0 Å². The molecule has 0 aliphatic heterocycles. The molecule has 1 saturated carbocycles. The van der Waals surface area contributed by atoms with Gasteiger partial charge in [0.1, 0.15) is 5.75 Å². The third-order valence-electron chi connectivity index (χ3n) is 5.82. The van der Waals surface area contributed by atoms with E-state index in [1.54, 1.807) is 0 Å². The molecule has 1 aromatic rings. The highest BCUT2D eigenvalue weighted by Crippen LogP contribution is 2.37. The van der Waals surface area contributed by atoms with Gasteiger partial charge in [0.25, 0.3) is 0 Å². The highest BCUT2D eigenvalue weighted by molar-refractivity contribution is 5.63. The number of rotatable bonds is 8. The lowest BCUT2D eigenvalue weighted by atomic mass is 9.91. The van der Waals surface area contributed by atoms with E-state index in [1.165, 1.54) is 61.8 Å². The number of anilines is 1. The summed E-state index contributed by atoms with van der Waals surface area (Å²) in [5.41, 5.74) is 5.01. The minimum absolute atomic E-state index is 0.579. The second-order valence-corrected chi connectivity index (χ2v) is 7.62.